The van der Waals surface area contributed by atoms with E-state index >= 15 is 0 Å². The van der Waals surface area contributed by atoms with Gasteiger partial charge in [-0.2, -0.15) is 0 Å². The molecule has 0 saturated heterocycles. The Morgan fingerprint density at radius 2 is 1.70 bits per heavy atom. The first kappa shape index (κ1) is 28.1. The Balaban J connectivity index is 1.29. The largest absolute Gasteiger partial charge is 0.507 e. The van der Waals surface area contributed by atoms with E-state index in [1.54, 1.807) is 6.07 Å². The predicted molar refractivity (Wildman–Crippen MR) is 180 cm³/mol. The van der Waals surface area contributed by atoms with Crippen molar-refractivity contribution in [1.82, 2.24) is 9.97 Å². The maximum atomic E-state index is 11.3. The topological polar surface area (TPSA) is 55.2 Å². The molecule has 4 aromatic rings. The zero-order valence-corrected chi connectivity index (χ0v) is 25.4. The number of allylic oxidation sites excluding steroid dienone is 6. The number of rotatable bonds is 10. The smallest absolute Gasteiger partial charge is 0.161 e. The lowest BCUT2D eigenvalue weighted by Crippen LogP contribution is -2.21. The highest BCUT2D eigenvalue weighted by Gasteiger charge is 2.33. The standard InChI is InChI=1S/C40H38N2O2/c1-3-5-10-26(4-2)25-44-31-19-22-34(37(43)23-31)36-24-35(27-11-7-6-8-12-27)41-40(42-36)33-21-18-30-16-15-28-13-9-14-29-17-20-32(33)39(30)38(28)29/h6-9,11-24,26,28,38,43H,3-5,10,25H2,1-2H3. The van der Waals surface area contributed by atoms with Crippen LogP contribution in [0.25, 0.3) is 46.1 Å². The molecule has 4 nitrogen and oxygen atoms in total. The quantitative estimate of drug-likeness (QED) is 0.203. The molecule has 220 valence electrons. The van der Waals surface area contributed by atoms with Crippen LogP contribution in [-0.2, 0) is 0 Å². The van der Waals surface area contributed by atoms with Crippen LogP contribution in [0.4, 0.5) is 0 Å². The molecule has 0 radical (unpaired) electrons. The van der Waals surface area contributed by atoms with E-state index in [0.717, 1.165) is 29.7 Å². The minimum atomic E-state index is 0.149. The van der Waals surface area contributed by atoms with E-state index < -0.39 is 0 Å². The van der Waals surface area contributed by atoms with Crippen molar-refractivity contribution in [3.63, 3.8) is 0 Å². The lowest BCUT2D eigenvalue weighted by molar-refractivity contribution is 0.232. The molecule has 3 atom stereocenters. The summed E-state index contributed by atoms with van der Waals surface area (Å²) in [6.07, 6.45) is 20.4. The minimum absolute atomic E-state index is 0.149. The van der Waals surface area contributed by atoms with Crippen molar-refractivity contribution in [3.05, 3.63) is 119 Å². The third-order valence-electron chi connectivity index (χ3n) is 9.25. The molecule has 44 heavy (non-hydrogen) atoms. The zero-order chi connectivity index (χ0) is 30.0. The Kier molecular flexibility index (Phi) is 7.74. The molecule has 0 saturated carbocycles. The molecule has 0 amide bonds. The second-order valence-corrected chi connectivity index (χ2v) is 12.1. The highest BCUT2D eigenvalue weighted by atomic mass is 16.5. The Morgan fingerprint density at radius 1 is 0.864 bits per heavy atom. The van der Waals surface area contributed by atoms with Crippen LogP contribution >= 0.6 is 0 Å². The van der Waals surface area contributed by atoms with E-state index in [-0.39, 0.29) is 5.75 Å². The maximum Gasteiger partial charge on any atom is 0.161 e. The van der Waals surface area contributed by atoms with Crippen LogP contribution < -0.4 is 4.74 Å². The first-order valence-electron chi connectivity index (χ1n) is 16.0. The van der Waals surface area contributed by atoms with E-state index in [9.17, 15) is 5.11 Å². The molecule has 1 aromatic heterocycles. The molecule has 0 fully saturated rings. The zero-order valence-electron chi connectivity index (χ0n) is 25.4. The van der Waals surface area contributed by atoms with Gasteiger partial charge < -0.3 is 9.84 Å². The van der Waals surface area contributed by atoms with Gasteiger partial charge in [0.1, 0.15) is 11.5 Å². The Bertz CT molecular complexity index is 1820. The number of aromatic hydroxyl groups is 1. The van der Waals surface area contributed by atoms with Crippen LogP contribution in [0.1, 0.15) is 62.1 Å². The minimum Gasteiger partial charge on any atom is -0.507 e. The van der Waals surface area contributed by atoms with Gasteiger partial charge in [-0.25, -0.2) is 9.97 Å². The number of unbranched alkanes of at least 4 members (excludes halogenated alkanes) is 1. The average molecular weight is 579 g/mol. The molecule has 1 heterocycles. The van der Waals surface area contributed by atoms with Gasteiger partial charge in [-0.1, -0.05) is 112 Å². The van der Waals surface area contributed by atoms with Crippen LogP contribution in [0.5, 0.6) is 11.5 Å². The lowest BCUT2D eigenvalue weighted by atomic mass is 9.68. The van der Waals surface area contributed by atoms with Crippen molar-refractivity contribution >= 4 is 12.2 Å². The third-order valence-corrected chi connectivity index (χ3v) is 9.25. The highest BCUT2D eigenvalue weighted by molar-refractivity contribution is 5.85. The molecule has 7 rings (SSSR count). The fourth-order valence-electron chi connectivity index (χ4n) is 6.73. The summed E-state index contributed by atoms with van der Waals surface area (Å²) in [5.74, 6) is 2.65. The van der Waals surface area contributed by atoms with Gasteiger partial charge in [-0.05, 0) is 58.9 Å². The summed E-state index contributed by atoms with van der Waals surface area (Å²) in [5, 5.41) is 11.3. The molecular formula is C40H38N2O2. The van der Waals surface area contributed by atoms with E-state index in [1.165, 1.54) is 35.1 Å². The number of nitrogens with zero attached hydrogens (tertiary/aromatic N) is 2. The van der Waals surface area contributed by atoms with Gasteiger partial charge in [-0.3, -0.25) is 0 Å². The Labute approximate surface area is 260 Å². The normalized spacial score (nSPS) is 18.1. The van der Waals surface area contributed by atoms with E-state index in [1.807, 2.05) is 36.4 Å². The van der Waals surface area contributed by atoms with Crippen molar-refractivity contribution in [2.24, 2.45) is 11.8 Å². The molecule has 3 aliphatic rings. The van der Waals surface area contributed by atoms with Crippen LogP contribution in [0.2, 0.25) is 0 Å². The van der Waals surface area contributed by atoms with Gasteiger partial charge >= 0.3 is 0 Å². The summed E-state index contributed by atoms with van der Waals surface area (Å²) in [7, 11) is 0. The molecule has 0 aliphatic heterocycles. The van der Waals surface area contributed by atoms with Gasteiger partial charge in [0.25, 0.3) is 0 Å². The van der Waals surface area contributed by atoms with Crippen molar-refractivity contribution < 1.29 is 9.84 Å². The second kappa shape index (κ2) is 12.1. The maximum absolute atomic E-state index is 11.3. The van der Waals surface area contributed by atoms with Gasteiger partial charge in [-0.15, -0.1) is 0 Å². The molecule has 0 bridgehead atoms. The molecule has 1 N–H and O–H groups in total. The monoisotopic (exact) mass is 578 g/mol. The number of phenols is 1. The molecule has 3 aliphatic carbocycles. The summed E-state index contributed by atoms with van der Waals surface area (Å²) in [4.78, 5) is 10.2. The first-order chi connectivity index (χ1) is 21.6. The van der Waals surface area contributed by atoms with Crippen molar-refractivity contribution in [3.8, 4) is 45.4 Å². The fourth-order valence-corrected chi connectivity index (χ4v) is 6.73. The van der Waals surface area contributed by atoms with E-state index in [4.69, 9.17) is 14.7 Å². The molecule has 4 heteroatoms. The number of ether oxygens (including phenoxy) is 1. The summed E-state index contributed by atoms with van der Waals surface area (Å²) < 4.78 is 6.13. The van der Waals surface area contributed by atoms with Crippen LogP contribution in [0.3, 0.4) is 0 Å². The summed E-state index contributed by atoms with van der Waals surface area (Å²) >= 11 is 0. The molecular weight excluding hydrogens is 540 g/mol. The SMILES string of the molecule is CCCCC(CC)COc1ccc(-c2cc(-c3ccccc3)nc(-c3ccc4c5c3C=CC3=CC=CC(C=C4)C35)n2)c(O)c1. The lowest BCUT2D eigenvalue weighted by Gasteiger charge is -2.35. The van der Waals surface area contributed by atoms with Gasteiger partial charge in [0.15, 0.2) is 5.82 Å². The molecule has 0 spiro atoms. The summed E-state index contributed by atoms with van der Waals surface area (Å²) in [6, 6.07) is 22.1. The van der Waals surface area contributed by atoms with E-state index in [0.29, 0.717) is 47.2 Å². The van der Waals surface area contributed by atoms with Crippen molar-refractivity contribution in [2.75, 3.05) is 6.61 Å². The van der Waals surface area contributed by atoms with Gasteiger partial charge in [0.05, 0.1) is 18.0 Å². The number of phenolic OH excluding ortho intramolecular Hbond substituents is 1. The highest BCUT2D eigenvalue weighted by Crippen LogP contribution is 2.49. The predicted octanol–water partition coefficient (Wildman–Crippen LogP) is 10.0. The number of aromatic nitrogens is 2. The first-order valence-corrected chi connectivity index (χ1v) is 16.0. The molecule has 3 aromatic carbocycles. The van der Waals surface area contributed by atoms with Crippen LogP contribution in [0.15, 0.2) is 103 Å². The van der Waals surface area contributed by atoms with Crippen molar-refractivity contribution in [2.45, 2.75) is 45.4 Å². The van der Waals surface area contributed by atoms with Gasteiger partial charge in [0.2, 0.25) is 0 Å². The number of hydrogen-bond donors (Lipinski definition) is 1. The Hall–Kier alpha value is -4.70. The van der Waals surface area contributed by atoms with E-state index in [2.05, 4.69) is 80.6 Å². The average Bonchev–Trinajstić information content (AvgIpc) is 3.07. The van der Waals surface area contributed by atoms with Crippen LogP contribution in [-0.4, -0.2) is 21.7 Å². The number of benzene rings is 3. The molecule has 3 unspecified atom stereocenters. The second-order valence-electron chi connectivity index (χ2n) is 12.1. The Morgan fingerprint density at radius 3 is 2.52 bits per heavy atom. The van der Waals surface area contributed by atoms with Crippen molar-refractivity contribution in [1.29, 1.82) is 0 Å². The number of hydrogen-bond acceptors (Lipinski definition) is 4. The van der Waals surface area contributed by atoms with Crippen LogP contribution in [0, 0.1) is 11.8 Å². The summed E-state index contributed by atoms with van der Waals surface area (Å²) in [5.41, 5.74) is 9.26. The third kappa shape index (κ3) is 5.30. The summed E-state index contributed by atoms with van der Waals surface area (Å²) in [6.45, 7) is 5.09. The fraction of sp³-hybridized carbons (Fsp3) is 0.250. The van der Waals surface area contributed by atoms with Gasteiger partial charge in [0, 0.05) is 34.6 Å².